The van der Waals surface area contributed by atoms with Crippen molar-refractivity contribution < 1.29 is 18.0 Å². The first-order valence-corrected chi connectivity index (χ1v) is 5.23. The van der Waals surface area contributed by atoms with E-state index in [0.29, 0.717) is 18.0 Å². The third kappa shape index (κ3) is 3.78. The number of benzene rings is 1. The van der Waals surface area contributed by atoms with Gasteiger partial charge in [0.05, 0.1) is 0 Å². The molecule has 2 nitrogen and oxygen atoms in total. The van der Waals surface area contributed by atoms with Gasteiger partial charge in [-0.2, -0.15) is 0 Å². The minimum absolute atomic E-state index is 0.173. The Morgan fingerprint density at radius 1 is 1.24 bits per heavy atom. The van der Waals surface area contributed by atoms with Gasteiger partial charge < -0.3 is 5.32 Å². The molecule has 0 unspecified atom stereocenters. The van der Waals surface area contributed by atoms with E-state index in [4.69, 9.17) is 11.6 Å². The van der Waals surface area contributed by atoms with Gasteiger partial charge in [0.15, 0.2) is 17.5 Å². The van der Waals surface area contributed by atoms with Gasteiger partial charge in [-0.3, -0.25) is 4.79 Å². The fourth-order valence-electron chi connectivity index (χ4n) is 1.09. The van der Waals surface area contributed by atoms with Crippen LogP contribution < -0.4 is 5.32 Å². The molecular formula is C11H9ClF3NO. The minimum Gasteiger partial charge on any atom is -0.349 e. The molecule has 0 heterocycles. The molecule has 0 fully saturated rings. The summed E-state index contributed by atoms with van der Waals surface area (Å²) < 4.78 is 38.3. The topological polar surface area (TPSA) is 29.1 Å². The normalized spacial score (nSPS) is 10.8. The predicted molar refractivity (Wildman–Crippen MR) is 58.5 cm³/mol. The highest BCUT2D eigenvalue weighted by Crippen LogP contribution is 2.13. The van der Waals surface area contributed by atoms with Crippen molar-refractivity contribution in [2.24, 2.45) is 0 Å². The van der Waals surface area contributed by atoms with Crippen LogP contribution in [0.5, 0.6) is 0 Å². The van der Waals surface area contributed by atoms with Gasteiger partial charge in [-0.05, 0) is 12.1 Å². The van der Waals surface area contributed by atoms with Gasteiger partial charge in [0, 0.05) is 18.0 Å². The van der Waals surface area contributed by atoms with Gasteiger partial charge in [0.2, 0.25) is 0 Å². The number of hydrogen-bond acceptors (Lipinski definition) is 1. The maximum Gasteiger partial charge on any atom is 0.251 e. The Kier molecular flexibility index (Phi) is 5.03. The molecular weight excluding hydrogens is 255 g/mol. The maximum atomic E-state index is 12.8. The van der Waals surface area contributed by atoms with Gasteiger partial charge in [-0.1, -0.05) is 12.2 Å². The smallest absolute Gasteiger partial charge is 0.251 e. The number of nitrogens with one attached hydrogen (secondary N) is 1. The molecule has 6 heteroatoms. The molecule has 0 bridgehead atoms. The van der Waals surface area contributed by atoms with Crippen molar-refractivity contribution in [3.05, 3.63) is 47.3 Å². The summed E-state index contributed by atoms with van der Waals surface area (Å²) in [6.45, 7) is 0.173. The van der Waals surface area contributed by atoms with Crippen molar-refractivity contribution in [1.29, 1.82) is 0 Å². The van der Waals surface area contributed by atoms with E-state index >= 15 is 0 Å². The van der Waals surface area contributed by atoms with Gasteiger partial charge in [0.25, 0.3) is 5.91 Å². The van der Waals surface area contributed by atoms with Crippen molar-refractivity contribution in [3.8, 4) is 0 Å². The highest BCUT2D eigenvalue weighted by atomic mass is 35.5. The lowest BCUT2D eigenvalue weighted by atomic mass is 10.2. The van der Waals surface area contributed by atoms with E-state index in [1.807, 2.05) is 0 Å². The summed E-state index contributed by atoms with van der Waals surface area (Å²) in [7, 11) is 0. The molecule has 1 amide bonds. The second-order valence-corrected chi connectivity index (χ2v) is 3.40. The maximum absolute atomic E-state index is 12.8. The van der Waals surface area contributed by atoms with E-state index in [1.165, 1.54) is 0 Å². The monoisotopic (exact) mass is 263 g/mol. The zero-order chi connectivity index (χ0) is 12.8. The summed E-state index contributed by atoms with van der Waals surface area (Å²) in [5.41, 5.74) is -0.277. The lowest BCUT2D eigenvalue weighted by molar-refractivity contribution is 0.0957. The molecule has 0 aromatic heterocycles. The number of halogens is 4. The van der Waals surface area contributed by atoms with Crippen molar-refractivity contribution >= 4 is 17.5 Å². The van der Waals surface area contributed by atoms with E-state index in [1.54, 1.807) is 12.2 Å². The van der Waals surface area contributed by atoms with Crippen LogP contribution in [0.2, 0.25) is 0 Å². The third-order valence-electron chi connectivity index (χ3n) is 1.88. The highest BCUT2D eigenvalue weighted by molar-refractivity contribution is 6.18. The molecule has 92 valence electrons. The van der Waals surface area contributed by atoms with Crippen LogP contribution in [0.15, 0.2) is 24.3 Å². The Balaban J connectivity index is 2.73. The van der Waals surface area contributed by atoms with Crippen LogP contribution in [0, 0.1) is 17.5 Å². The van der Waals surface area contributed by atoms with Crippen molar-refractivity contribution in [1.82, 2.24) is 5.32 Å². The van der Waals surface area contributed by atoms with Crippen LogP contribution in [0.4, 0.5) is 13.2 Å². The Morgan fingerprint density at radius 3 is 2.35 bits per heavy atom. The second-order valence-electron chi connectivity index (χ2n) is 3.09. The molecule has 1 rings (SSSR count). The summed E-state index contributed by atoms with van der Waals surface area (Å²) in [5.74, 6) is -4.78. The van der Waals surface area contributed by atoms with Crippen molar-refractivity contribution in [2.45, 2.75) is 0 Å². The van der Waals surface area contributed by atoms with E-state index in [0.717, 1.165) is 0 Å². The van der Waals surface area contributed by atoms with Gasteiger partial charge in [-0.25, -0.2) is 13.2 Å². The largest absolute Gasteiger partial charge is 0.349 e. The van der Waals surface area contributed by atoms with E-state index in [2.05, 4.69) is 5.32 Å². The molecule has 17 heavy (non-hydrogen) atoms. The fraction of sp³-hybridized carbons (Fsp3) is 0.182. The van der Waals surface area contributed by atoms with Crippen LogP contribution in [0.3, 0.4) is 0 Å². The molecule has 1 aromatic rings. The van der Waals surface area contributed by atoms with Gasteiger partial charge in [0.1, 0.15) is 0 Å². The Labute approximate surface area is 101 Å². The van der Waals surface area contributed by atoms with E-state index in [-0.39, 0.29) is 12.1 Å². The molecule has 0 aliphatic heterocycles. The number of hydrogen-bond donors (Lipinski definition) is 1. The molecule has 1 aromatic carbocycles. The van der Waals surface area contributed by atoms with Gasteiger partial charge in [-0.15, -0.1) is 11.6 Å². The van der Waals surface area contributed by atoms with Crippen molar-refractivity contribution in [3.63, 3.8) is 0 Å². The summed E-state index contributed by atoms with van der Waals surface area (Å²) in [6.07, 6.45) is 3.19. The Morgan fingerprint density at radius 2 is 1.82 bits per heavy atom. The summed E-state index contributed by atoms with van der Waals surface area (Å²) in [5, 5.41) is 2.37. The first-order chi connectivity index (χ1) is 8.06. The third-order valence-corrected chi connectivity index (χ3v) is 2.06. The highest BCUT2D eigenvalue weighted by Gasteiger charge is 2.14. The molecule has 1 N–H and O–H groups in total. The molecule has 0 saturated carbocycles. The molecule has 0 aliphatic carbocycles. The number of allylic oxidation sites excluding steroid dienone is 1. The summed E-state index contributed by atoms with van der Waals surface area (Å²) >= 11 is 5.35. The van der Waals surface area contributed by atoms with Gasteiger partial charge >= 0.3 is 0 Å². The first-order valence-electron chi connectivity index (χ1n) is 4.70. The number of rotatable bonds is 4. The molecule has 0 radical (unpaired) electrons. The standard InChI is InChI=1S/C11H9ClF3NO/c12-3-1-2-4-16-11(17)7-5-8(13)10(15)9(14)6-7/h1-2,5-6H,3-4H2,(H,16,17)/b2-1+. The van der Waals surface area contributed by atoms with Crippen LogP contribution in [-0.4, -0.2) is 18.3 Å². The summed E-state index contributed by atoms with van der Waals surface area (Å²) in [4.78, 5) is 11.4. The van der Waals surface area contributed by atoms with Crippen LogP contribution in [-0.2, 0) is 0 Å². The quantitative estimate of drug-likeness (QED) is 0.505. The number of carbonyl (C=O) groups is 1. The number of alkyl halides is 1. The van der Waals surface area contributed by atoms with E-state index in [9.17, 15) is 18.0 Å². The lowest BCUT2D eigenvalue weighted by Crippen LogP contribution is -2.23. The number of amides is 1. The molecule has 0 saturated heterocycles. The molecule has 0 aliphatic rings. The first kappa shape index (κ1) is 13.6. The average molecular weight is 264 g/mol. The summed E-state index contributed by atoms with van der Waals surface area (Å²) in [6, 6.07) is 1.28. The zero-order valence-corrected chi connectivity index (χ0v) is 9.40. The minimum atomic E-state index is -1.59. The van der Waals surface area contributed by atoms with Crippen LogP contribution >= 0.6 is 11.6 Å². The Bertz CT molecular complexity index is 425. The predicted octanol–water partition coefficient (Wildman–Crippen LogP) is 2.63. The number of carbonyl (C=O) groups excluding carboxylic acids is 1. The lowest BCUT2D eigenvalue weighted by Gasteiger charge is -2.03. The molecule has 0 spiro atoms. The van der Waals surface area contributed by atoms with Crippen molar-refractivity contribution in [2.75, 3.05) is 12.4 Å². The average Bonchev–Trinajstić information content (AvgIpc) is 2.30. The van der Waals surface area contributed by atoms with E-state index < -0.39 is 23.4 Å². The Hall–Kier alpha value is -1.49. The van der Waals surface area contributed by atoms with Crippen LogP contribution in [0.1, 0.15) is 10.4 Å². The SMILES string of the molecule is O=C(NC/C=C/CCl)c1cc(F)c(F)c(F)c1. The molecule has 0 atom stereocenters. The fourth-order valence-corrected chi connectivity index (χ4v) is 1.21. The zero-order valence-electron chi connectivity index (χ0n) is 8.64. The van der Waals surface area contributed by atoms with Crippen LogP contribution in [0.25, 0.3) is 0 Å². The second kappa shape index (κ2) is 6.30.